The second kappa shape index (κ2) is 5.43. The molecule has 0 unspecified atom stereocenters. The first kappa shape index (κ1) is 10.8. The van der Waals surface area contributed by atoms with Crippen LogP contribution in [0.1, 0.15) is 18.9 Å². The Morgan fingerprint density at radius 3 is 2.57 bits per heavy atom. The summed E-state index contributed by atoms with van der Waals surface area (Å²) in [4.78, 5) is 11.1. The van der Waals surface area contributed by atoms with Gasteiger partial charge >= 0.3 is 5.97 Å². The van der Waals surface area contributed by atoms with Crippen molar-refractivity contribution in [2.75, 3.05) is 7.11 Å². The maximum absolute atomic E-state index is 11.1. The Kier molecular flexibility index (Phi) is 4.17. The zero-order valence-corrected chi connectivity index (χ0v) is 8.69. The molecule has 1 aromatic rings. The predicted molar refractivity (Wildman–Crippen MR) is 55.9 cm³/mol. The number of aryl methyl sites for hydroxylation is 1. The monoisotopic (exact) mass is 192 g/mol. The molecule has 0 aliphatic rings. The summed E-state index contributed by atoms with van der Waals surface area (Å²) in [5, 5.41) is 0. The summed E-state index contributed by atoms with van der Waals surface area (Å²) in [5.74, 6) is -0.138. The maximum atomic E-state index is 11.1. The third kappa shape index (κ3) is 3.21. The SMILES string of the molecule is COC(=O)[C@@H](C)CCc1ccccc1. The minimum atomic E-state index is -0.124. The van der Waals surface area contributed by atoms with E-state index in [-0.39, 0.29) is 11.9 Å². The molecule has 0 aliphatic carbocycles. The molecule has 14 heavy (non-hydrogen) atoms. The van der Waals surface area contributed by atoms with Gasteiger partial charge in [-0.05, 0) is 18.4 Å². The molecule has 76 valence electrons. The summed E-state index contributed by atoms with van der Waals surface area (Å²) < 4.78 is 4.66. The highest BCUT2D eigenvalue weighted by Crippen LogP contribution is 2.10. The van der Waals surface area contributed by atoms with E-state index in [9.17, 15) is 4.79 Å². The summed E-state index contributed by atoms with van der Waals surface area (Å²) in [6.45, 7) is 1.90. The van der Waals surface area contributed by atoms with Crippen molar-refractivity contribution in [3.8, 4) is 0 Å². The molecule has 0 fully saturated rings. The van der Waals surface area contributed by atoms with E-state index < -0.39 is 0 Å². The molecular weight excluding hydrogens is 176 g/mol. The van der Waals surface area contributed by atoms with Gasteiger partial charge in [-0.1, -0.05) is 37.3 Å². The van der Waals surface area contributed by atoms with E-state index in [0.29, 0.717) is 0 Å². The van der Waals surface area contributed by atoms with E-state index in [0.717, 1.165) is 12.8 Å². The predicted octanol–water partition coefficient (Wildman–Crippen LogP) is 2.43. The van der Waals surface area contributed by atoms with Crippen LogP contribution in [0.25, 0.3) is 0 Å². The molecule has 2 heteroatoms. The van der Waals surface area contributed by atoms with Crippen LogP contribution in [0.15, 0.2) is 30.3 Å². The molecule has 1 rings (SSSR count). The van der Waals surface area contributed by atoms with Gasteiger partial charge < -0.3 is 4.74 Å². The van der Waals surface area contributed by atoms with Crippen molar-refractivity contribution < 1.29 is 9.53 Å². The Hall–Kier alpha value is -1.31. The third-order valence-corrected chi connectivity index (χ3v) is 2.31. The minimum absolute atomic E-state index is 0.0137. The highest BCUT2D eigenvalue weighted by molar-refractivity contribution is 5.71. The summed E-state index contributed by atoms with van der Waals surface area (Å²) in [5.41, 5.74) is 1.27. The van der Waals surface area contributed by atoms with Crippen molar-refractivity contribution in [2.24, 2.45) is 5.92 Å². The fourth-order valence-corrected chi connectivity index (χ4v) is 1.35. The first-order valence-corrected chi connectivity index (χ1v) is 4.86. The van der Waals surface area contributed by atoms with Gasteiger partial charge in [-0.15, -0.1) is 0 Å². The average Bonchev–Trinajstić information content (AvgIpc) is 2.26. The zero-order valence-electron chi connectivity index (χ0n) is 8.69. The Morgan fingerprint density at radius 1 is 1.36 bits per heavy atom. The number of carbonyl (C=O) groups excluding carboxylic acids is 1. The maximum Gasteiger partial charge on any atom is 0.308 e. The minimum Gasteiger partial charge on any atom is -0.469 e. The third-order valence-electron chi connectivity index (χ3n) is 2.31. The molecular formula is C12H16O2. The molecule has 1 aromatic carbocycles. The number of hydrogen-bond acceptors (Lipinski definition) is 2. The van der Waals surface area contributed by atoms with Crippen molar-refractivity contribution in [1.82, 2.24) is 0 Å². The van der Waals surface area contributed by atoms with Crippen LogP contribution >= 0.6 is 0 Å². The van der Waals surface area contributed by atoms with Crippen LogP contribution in [0.5, 0.6) is 0 Å². The first-order chi connectivity index (χ1) is 6.74. The zero-order chi connectivity index (χ0) is 10.4. The van der Waals surface area contributed by atoms with E-state index in [2.05, 4.69) is 16.9 Å². The number of ether oxygens (including phenoxy) is 1. The average molecular weight is 192 g/mol. The van der Waals surface area contributed by atoms with E-state index in [1.54, 1.807) is 0 Å². The van der Waals surface area contributed by atoms with Gasteiger partial charge in [0.15, 0.2) is 0 Å². The molecule has 0 N–H and O–H groups in total. The van der Waals surface area contributed by atoms with Gasteiger partial charge in [0, 0.05) is 0 Å². The van der Waals surface area contributed by atoms with Gasteiger partial charge in [0.05, 0.1) is 13.0 Å². The number of benzene rings is 1. The van der Waals surface area contributed by atoms with Crippen molar-refractivity contribution >= 4 is 5.97 Å². The fourth-order valence-electron chi connectivity index (χ4n) is 1.35. The lowest BCUT2D eigenvalue weighted by Crippen LogP contribution is -2.13. The van der Waals surface area contributed by atoms with E-state index in [1.807, 2.05) is 25.1 Å². The summed E-state index contributed by atoms with van der Waals surface area (Å²) >= 11 is 0. The summed E-state index contributed by atoms with van der Waals surface area (Å²) in [6, 6.07) is 10.2. The van der Waals surface area contributed by atoms with Gasteiger partial charge in [-0.3, -0.25) is 4.79 Å². The summed E-state index contributed by atoms with van der Waals surface area (Å²) in [7, 11) is 1.43. The van der Waals surface area contributed by atoms with Gasteiger partial charge in [-0.2, -0.15) is 0 Å². The number of carbonyl (C=O) groups is 1. The molecule has 0 aromatic heterocycles. The Labute approximate surface area is 84.9 Å². The Bertz CT molecular complexity index is 280. The molecule has 0 saturated carbocycles. The normalized spacial score (nSPS) is 12.1. The van der Waals surface area contributed by atoms with Crippen molar-refractivity contribution in [3.63, 3.8) is 0 Å². The topological polar surface area (TPSA) is 26.3 Å². The standard InChI is InChI=1S/C12H16O2/c1-10(12(13)14-2)8-9-11-6-4-3-5-7-11/h3-7,10H,8-9H2,1-2H3/t10-/m0/s1. The molecule has 2 nitrogen and oxygen atoms in total. The highest BCUT2D eigenvalue weighted by atomic mass is 16.5. The number of esters is 1. The Balaban J connectivity index is 2.38. The van der Waals surface area contributed by atoms with Gasteiger partial charge in [-0.25, -0.2) is 0 Å². The van der Waals surface area contributed by atoms with Crippen molar-refractivity contribution in [3.05, 3.63) is 35.9 Å². The van der Waals surface area contributed by atoms with Crippen molar-refractivity contribution in [2.45, 2.75) is 19.8 Å². The molecule has 1 atom stereocenters. The second-order valence-corrected chi connectivity index (χ2v) is 3.45. The van der Waals surface area contributed by atoms with E-state index >= 15 is 0 Å². The number of rotatable bonds is 4. The molecule has 0 bridgehead atoms. The molecule has 0 amide bonds. The van der Waals surface area contributed by atoms with Crippen LogP contribution in [0.3, 0.4) is 0 Å². The van der Waals surface area contributed by atoms with Crippen LogP contribution in [-0.4, -0.2) is 13.1 Å². The first-order valence-electron chi connectivity index (χ1n) is 4.86. The molecule has 0 saturated heterocycles. The second-order valence-electron chi connectivity index (χ2n) is 3.45. The van der Waals surface area contributed by atoms with Gasteiger partial charge in [0.2, 0.25) is 0 Å². The molecule has 0 spiro atoms. The van der Waals surface area contributed by atoms with E-state index in [1.165, 1.54) is 12.7 Å². The fraction of sp³-hybridized carbons (Fsp3) is 0.417. The highest BCUT2D eigenvalue weighted by Gasteiger charge is 2.12. The van der Waals surface area contributed by atoms with Gasteiger partial charge in [0.1, 0.15) is 0 Å². The smallest absolute Gasteiger partial charge is 0.308 e. The van der Waals surface area contributed by atoms with Crippen LogP contribution in [0.4, 0.5) is 0 Å². The largest absolute Gasteiger partial charge is 0.469 e. The van der Waals surface area contributed by atoms with Crippen LogP contribution in [0, 0.1) is 5.92 Å². The van der Waals surface area contributed by atoms with Crippen LogP contribution in [0.2, 0.25) is 0 Å². The van der Waals surface area contributed by atoms with Gasteiger partial charge in [0.25, 0.3) is 0 Å². The number of hydrogen-bond donors (Lipinski definition) is 0. The molecule has 0 heterocycles. The molecule has 0 aliphatic heterocycles. The van der Waals surface area contributed by atoms with Crippen LogP contribution in [-0.2, 0) is 16.0 Å². The van der Waals surface area contributed by atoms with Crippen LogP contribution < -0.4 is 0 Å². The van der Waals surface area contributed by atoms with Crippen molar-refractivity contribution in [1.29, 1.82) is 0 Å². The Morgan fingerprint density at radius 2 is 2.00 bits per heavy atom. The lowest BCUT2D eigenvalue weighted by molar-refractivity contribution is -0.145. The lowest BCUT2D eigenvalue weighted by atomic mass is 10.0. The lowest BCUT2D eigenvalue weighted by Gasteiger charge is -2.08. The quantitative estimate of drug-likeness (QED) is 0.685. The summed E-state index contributed by atoms with van der Waals surface area (Å²) in [6.07, 6.45) is 1.77. The molecule has 0 radical (unpaired) electrons. The van der Waals surface area contributed by atoms with E-state index in [4.69, 9.17) is 0 Å². The number of methoxy groups -OCH3 is 1.